The first kappa shape index (κ1) is 27.4. The Hall–Kier alpha value is -4.94. The van der Waals surface area contributed by atoms with E-state index in [1.807, 2.05) is 0 Å². The molecule has 7 aromatic rings. The summed E-state index contributed by atoms with van der Waals surface area (Å²) in [7, 11) is 0. The summed E-state index contributed by atoms with van der Waals surface area (Å²) < 4.78 is 0. The third-order valence-electron chi connectivity index (χ3n) is 10.6. The summed E-state index contributed by atoms with van der Waals surface area (Å²) in [6.07, 6.45) is 9.55. The Kier molecular flexibility index (Phi) is 6.81. The molecule has 0 amide bonds. The Bertz CT molecular complexity index is 1890. The second-order valence-corrected chi connectivity index (χ2v) is 13.2. The van der Waals surface area contributed by atoms with Gasteiger partial charge in [-0.1, -0.05) is 121 Å². The first-order valence-corrected chi connectivity index (χ1v) is 17.2. The van der Waals surface area contributed by atoms with E-state index in [1.165, 1.54) is 91.7 Å². The third-order valence-corrected chi connectivity index (χ3v) is 10.6. The van der Waals surface area contributed by atoms with Gasteiger partial charge < -0.3 is 0 Å². The van der Waals surface area contributed by atoms with Crippen molar-refractivity contribution in [1.29, 1.82) is 0 Å². The highest BCUT2D eigenvalue weighted by Gasteiger charge is 2.27. The fourth-order valence-electron chi connectivity index (χ4n) is 8.73. The third kappa shape index (κ3) is 4.43. The van der Waals surface area contributed by atoms with Gasteiger partial charge in [-0.3, -0.25) is 0 Å². The van der Waals surface area contributed by atoms with Gasteiger partial charge in [-0.15, -0.1) is 0 Å². The maximum absolute atomic E-state index is 2.61. The molecule has 9 rings (SSSR count). The van der Waals surface area contributed by atoms with E-state index in [2.05, 4.69) is 133 Å². The summed E-state index contributed by atoms with van der Waals surface area (Å²) >= 11 is 0. The van der Waals surface area contributed by atoms with Crippen molar-refractivity contribution >= 4 is 21.5 Å². The van der Waals surface area contributed by atoms with Crippen molar-refractivity contribution in [3.63, 3.8) is 0 Å². The topological polar surface area (TPSA) is 0 Å². The van der Waals surface area contributed by atoms with Crippen LogP contribution in [-0.2, 0) is 25.7 Å². The SMILES string of the molecule is c1ccc(-c2c3c(c(-c4ccccc4)c4cc5c(-c6ccccc6)c6c(c(-c7ccccc7)c5cc24)CCCC6)CCCC3)cc1. The Morgan fingerprint density at radius 3 is 0.696 bits per heavy atom. The molecule has 0 nitrogen and oxygen atoms in total. The van der Waals surface area contributed by atoms with Gasteiger partial charge in [-0.05, 0) is 152 Å². The molecule has 0 heteroatoms. The van der Waals surface area contributed by atoms with Crippen LogP contribution in [0.1, 0.15) is 47.9 Å². The minimum Gasteiger partial charge on any atom is -0.0622 e. The molecule has 0 bridgehead atoms. The van der Waals surface area contributed by atoms with E-state index in [0.717, 1.165) is 25.7 Å². The largest absolute Gasteiger partial charge is 0.0622 e. The molecule has 0 unspecified atom stereocenters. The number of hydrogen-bond acceptors (Lipinski definition) is 0. The summed E-state index contributed by atoms with van der Waals surface area (Å²) in [4.78, 5) is 0. The van der Waals surface area contributed by atoms with Crippen molar-refractivity contribution in [3.8, 4) is 44.5 Å². The molecule has 0 heterocycles. The van der Waals surface area contributed by atoms with Crippen molar-refractivity contribution in [3.05, 3.63) is 156 Å². The van der Waals surface area contributed by atoms with E-state index >= 15 is 0 Å². The molecule has 0 atom stereocenters. The van der Waals surface area contributed by atoms with E-state index in [1.54, 1.807) is 22.3 Å². The number of rotatable bonds is 4. The van der Waals surface area contributed by atoms with E-state index in [9.17, 15) is 0 Å². The normalized spacial score (nSPS) is 14.3. The predicted octanol–water partition coefficient (Wildman–Crippen LogP) is 12.4. The van der Waals surface area contributed by atoms with Gasteiger partial charge in [0.15, 0.2) is 0 Å². The van der Waals surface area contributed by atoms with E-state index in [0.29, 0.717) is 0 Å². The van der Waals surface area contributed by atoms with Gasteiger partial charge in [0.25, 0.3) is 0 Å². The molecule has 0 N–H and O–H groups in total. The maximum atomic E-state index is 2.61. The minimum absolute atomic E-state index is 1.14. The zero-order valence-electron chi connectivity index (χ0n) is 26.4. The van der Waals surface area contributed by atoms with Crippen LogP contribution < -0.4 is 0 Å². The molecule has 0 radical (unpaired) electrons. The first-order valence-electron chi connectivity index (χ1n) is 17.2. The molecule has 46 heavy (non-hydrogen) atoms. The zero-order chi connectivity index (χ0) is 30.5. The quantitative estimate of drug-likeness (QED) is 0.179. The van der Waals surface area contributed by atoms with Crippen molar-refractivity contribution < 1.29 is 0 Å². The molecule has 0 aromatic heterocycles. The van der Waals surface area contributed by atoms with Crippen molar-refractivity contribution in [2.45, 2.75) is 51.4 Å². The summed E-state index contributed by atoms with van der Waals surface area (Å²) in [6.45, 7) is 0. The molecule has 2 aliphatic rings. The minimum atomic E-state index is 1.14. The molecule has 0 aliphatic heterocycles. The van der Waals surface area contributed by atoms with Gasteiger partial charge in [0.05, 0.1) is 0 Å². The average Bonchev–Trinajstić information content (AvgIpc) is 3.13. The Balaban J connectivity index is 1.53. The Labute approximate surface area is 272 Å². The van der Waals surface area contributed by atoms with Crippen molar-refractivity contribution in [2.75, 3.05) is 0 Å². The van der Waals surface area contributed by atoms with Crippen LogP contribution in [0.2, 0.25) is 0 Å². The molecule has 222 valence electrons. The molecule has 2 aliphatic carbocycles. The fraction of sp³-hybridized carbons (Fsp3) is 0.174. The first-order chi connectivity index (χ1) is 22.9. The standard InChI is InChI=1S/C46H38/c1-5-17-31(18-6-1)43-35-25-13-14-26-36(35)44(32-19-7-2-8-20-32)40-30-42-41(29-39(40)43)45(33-21-9-3-10-22-33)37-27-15-16-28-38(37)46(42)34-23-11-4-12-24-34/h1-12,17-24,29-30H,13-16,25-28H2. The van der Waals surface area contributed by atoms with Crippen LogP contribution in [0.4, 0.5) is 0 Å². The lowest BCUT2D eigenvalue weighted by molar-refractivity contribution is 0.689. The molecule has 0 saturated carbocycles. The van der Waals surface area contributed by atoms with Crippen LogP contribution in [0.3, 0.4) is 0 Å². The highest BCUT2D eigenvalue weighted by Crippen LogP contribution is 2.50. The second kappa shape index (κ2) is 11.5. The summed E-state index contributed by atoms with van der Waals surface area (Å²) in [5.74, 6) is 0. The lowest BCUT2D eigenvalue weighted by atomic mass is 9.74. The van der Waals surface area contributed by atoms with Crippen LogP contribution in [0.25, 0.3) is 66.1 Å². The average molecular weight is 591 g/mol. The molecule has 0 saturated heterocycles. The van der Waals surface area contributed by atoms with Crippen molar-refractivity contribution in [2.24, 2.45) is 0 Å². The van der Waals surface area contributed by atoms with E-state index in [-0.39, 0.29) is 0 Å². The predicted molar refractivity (Wildman–Crippen MR) is 196 cm³/mol. The van der Waals surface area contributed by atoms with Gasteiger partial charge in [0.1, 0.15) is 0 Å². The van der Waals surface area contributed by atoms with Crippen molar-refractivity contribution in [1.82, 2.24) is 0 Å². The van der Waals surface area contributed by atoms with Crippen LogP contribution in [-0.4, -0.2) is 0 Å². The Morgan fingerprint density at radius 1 is 0.261 bits per heavy atom. The number of hydrogen-bond donors (Lipinski definition) is 0. The van der Waals surface area contributed by atoms with Crippen LogP contribution >= 0.6 is 0 Å². The molecule has 7 aromatic carbocycles. The summed E-state index contributed by atoms with van der Waals surface area (Å²) in [5, 5.41) is 5.57. The molecule has 0 fully saturated rings. The van der Waals surface area contributed by atoms with Gasteiger partial charge >= 0.3 is 0 Å². The van der Waals surface area contributed by atoms with Crippen LogP contribution in [0.15, 0.2) is 133 Å². The highest BCUT2D eigenvalue weighted by atomic mass is 14.3. The monoisotopic (exact) mass is 590 g/mol. The number of fused-ring (bicyclic) bond motifs is 4. The maximum Gasteiger partial charge on any atom is -0.00699 e. The van der Waals surface area contributed by atoms with Gasteiger partial charge in [-0.25, -0.2) is 0 Å². The lowest BCUT2D eigenvalue weighted by Crippen LogP contribution is -2.10. The molecule has 0 spiro atoms. The van der Waals surface area contributed by atoms with Crippen LogP contribution in [0, 0.1) is 0 Å². The lowest BCUT2D eigenvalue weighted by Gasteiger charge is -2.29. The highest BCUT2D eigenvalue weighted by molar-refractivity contribution is 6.19. The molecular weight excluding hydrogens is 553 g/mol. The van der Waals surface area contributed by atoms with Crippen LogP contribution in [0.5, 0.6) is 0 Å². The van der Waals surface area contributed by atoms with Gasteiger partial charge in [-0.2, -0.15) is 0 Å². The Morgan fingerprint density at radius 2 is 0.478 bits per heavy atom. The number of benzene rings is 7. The zero-order valence-corrected chi connectivity index (χ0v) is 26.4. The van der Waals surface area contributed by atoms with E-state index < -0.39 is 0 Å². The summed E-state index contributed by atoms with van der Waals surface area (Å²) in [5.41, 5.74) is 17.4. The molecular formula is C46H38. The van der Waals surface area contributed by atoms with Gasteiger partial charge in [0, 0.05) is 0 Å². The van der Waals surface area contributed by atoms with Gasteiger partial charge in [0.2, 0.25) is 0 Å². The smallest absolute Gasteiger partial charge is 0.00699 e. The second-order valence-electron chi connectivity index (χ2n) is 13.2. The van der Waals surface area contributed by atoms with E-state index in [4.69, 9.17) is 0 Å². The summed E-state index contributed by atoms with van der Waals surface area (Å²) in [6, 6.07) is 50.1. The fourth-order valence-corrected chi connectivity index (χ4v) is 8.73.